The van der Waals surface area contributed by atoms with Gasteiger partial charge in [-0.25, -0.2) is 4.79 Å². The Morgan fingerprint density at radius 3 is 3.00 bits per heavy atom. The second-order valence-corrected chi connectivity index (χ2v) is 4.90. The smallest absolute Gasteiger partial charge is 0.328 e. The SMILES string of the molecule is O=c1[nH]c(=O)n([C@H]2C=CC[C@H]2CO)cc1I. The Balaban J connectivity index is 2.48. The van der Waals surface area contributed by atoms with Gasteiger partial charge < -0.3 is 5.11 Å². The normalized spacial score (nSPS) is 23.9. The lowest BCUT2D eigenvalue weighted by molar-refractivity contribution is 0.202. The van der Waals surface area contributed by atoms with E-state index in [4.69, 9.17) is 0 Å². The van der Waals surface area contributed by atoms with Crippen molar-refractivity contribution in [2.24, 2.45) is 5.92 Å². The van der Waals surface area contributed by atoms with Gasteiger partial charge in [0.2, 0.25) is 0 Å². The molecule has 0 spiro atoms. The highest BCUT2D eigenvalue weighted by atomic mass is 127. The Hall–Kier alpha value is -0.890. The van der Waals surface area contributed by atoms with Gasteiger partial charge in [0.25, 0.3) is 5.56 Å². The van der Waals surface area contributed by atoms with Crippen molar-refractivity contribution in [2.75, 3.05) is 6.61 Å². The maximum Gasteiger partial charge on any atom is 0.328 e. The molecule has 1 aliphatic rings. The average Bonchev–Trinajstić information content (AvgIpc) is 2.71. The fourth-order valence-electron chi connectivity index (χ4n) is 1.87. The highest BCUT2D eigenvalue weighted by Gasteiger charge is 2.24. The molecule has 0 saturated carbocycles. The van der Waals surface area contributed by atoms with Crippen LogP contribution in [0, 0.1) is 9.49 Å². The summed E-state index contributed by atoms with van der Waals surface area (Å²) < 4.78 is 1.93. The second kappa shape index (κ2) is 4.54. The second-order valence-electron chi connectivity index (χ2n) is 3.74. The molecule has 0 amide bonds. The minimum atomic E-state index is -0.430. The van der Waals surface area contributed by atoms with Crippen molar-refractivity contribution in [1.29, 1.82) is 0 Å². The summed E-state index contributed by atoms with van der Waals surface area (Å²) in [5.74, 6) is 0.0133. The summed E-state index contributed by atoms with van der Waals surface area (Å²) in [5, 5.41) is 9.18. The van der Waals surface area contributed by atoms with Gasteiger partial charge in [-0.15, -0.1) is 0 Å². The molecule has 0 aliphatic heterocycles. The van der Waals surface area contributed by atoms with E-state index in [1.807, 2.05) is 34.7 Å². The van der Waals surface area contributed by atoms with Gasteiger partial charge in [0.15, 0.2) is 0 Å². The largest absolute Gasteiger partial charge is 0.396 e. The van der Waals surface area contributed by atoms with Crippen LogP contribution < -0.4 is 11.2 Å². The average molecular weight is 334 g/mol. The van der Waals surface area contributed by atoms with Gasteiger partial charge in [-0.3, -0.25) is 14.3 Å². The highest BCUT2D eigenvalue weighted by Crippen LogP contribution is 2.27. The van der Waals surface area contributed by atoms with Gasteiger partial charge in [0, 0.05) is 18.7 Å². The minimum Gasteiger partial charge on any atom is -0.396 e. The number of nitrogens with one attached hydrogen (secondary N) is 1. The summed E-state index contributed by atoms with van der Waals surface area (Å²) in [6.45, 7) is 0.0276. The van der Waals surface area contributed by atoms with Crippen LogP contribution in [0.25, 0.3) is 0 Å². The zero-order valence-corrected chi connectivity index (χ0v) is 10.5. The zero-order chi connectivity index (χ0) is 11.7. The van der Waals surface area contributed by atoms with Crippen LogP contribution in [0.3, 0.4) is 0 Å². The van der Waals surface area contributed by atoms with Crippen LogP contribution in [0.1, 0.15) is 12.5 Å². The molecule has 1 heterocycles. The Kier molecular flexibility index (Phi) is 3.29. The lowest BCUT2D eigenvalue weighted by Gasteiger charge is -2.19. The zero-order valence-electron chi connectivity index (χ0n) is 8.39. The topological polar surface area (TPSA) is 75.1 Å². The first-order chi connectivity index (χ1) is 7.63. The van der Waals surface area contributed by atoms with E-state index in [1.54, 1.807) is 0 Å². The molecular weight excluding hydrogens is 323 g/mol. The Labute approximate surface area is 105 Å². The molecule has 0 radical (unpaired) electrons. The van der Waals surface area contributed by atoms with Crippen molar-refractivity contribution >= 4 is 22.6 Å². The van der Waals surface area contributed by atoms with E-state index in [0.717, 1.165) is 6.42 Å². The summed E-state index contributed by atoms with van der Waals surface area (Å²) in [7, 11) is 0. The summed E-state index contributed by atoms with van der Waals surface area (Å²) in [4.78, 5) is 25.1. The van der Waals surface area contributed by atoms with E-state index < -0.39 is 5.69 Å². The number of aliphatic hydroxyl groups excluding tert-OH is 1. The van der Waals surface area contributed by atoms with Gasteiger partial charge >= 0.3 is 5.69 Å². The summed E-state index contributed by atoms with van der Waals surface area (Å²) >= 11 is 1.88. The van der Waals surface area contributed by atoms with E-state index >= 15 is 0 Å². The van der Waals surface area contributed by atoms with Crippen LogP contribution in [-0.4, -0.2) is 21.3 Å². The Morgan fingerprint density at radius 1 is 1.56 bits per heavy atom. The highest BCUT2D eigenvalue weighted by molar-refractivity contribution is 14.1. The lowest BCUT2D eigenvalue weighted by atomic mass is 10.0. The molecule has 1 aromatic rings. The number of H-pyrrole nitrogens is 1. The molecule has 0 saturated heterocycles. The van der Waals surface area contributed by atoms with E-state index in [9.17, 15) is 14.7 Å². The number of aliphatic hydroxyl groups is 1. The van der Waals surface area contributed by atoms with Gasteiger partial charge in [-0.05, 0) is 29.0 Å². The summed E-state index contributed by atoms with van der Waals surface area (Å²) in [5.41, 5.74) is -0.801. The standard InChI is InChI=1S/C10H11IN2O3/c11-7-4-13(10(16)12-9(7)15)8-3-1-2-6(8)5-14/h1,3-4,6,8,14H,2,5H2,(H,12,15,16)/t6-,8-/m0/s1. The molecule has 2 rings (SSSR count). The molecule has 6 heteroatoms. The third kappa shape index (κ3) is 1.99. The maximum absolute atomic E-state index is 11.6. The number of nitrogens with zero attached hydrogens (tertiary/aromatic N) is 1. The van der Waals surface area contributed by atoms with Crippen LogP contribution in [-0.2, 0) is 0 Å². The van der Waals surface area contributed by atoms with Crippen LogP contribution in [0.5, 0.6) is 0 Å². The first-order valence-electron chi connectivity index (χ1n) is 4.92. The number of aromatic amines is 1. The van der Waals surface area contributed by atoms with Gasteiger partial charge in [-0.2, -0.15) is 0 Å². The van der Waals surface area contributed by atoms with Crippen molar-refractivity contribution in [3.05, 3.63) is 42.8 Å². The summed E-state index contributed by atoms with van der Waals surface area (Å²) in [6, 6.07) is -0.164. The number of rotatable bonds is 2. The minimum absolute atomic E-state index is 0.0133. The van der Waals surface area contributed by atoms with Crippen molar-refractivity contribution in [3.8, 4) is 0 Å². The number of allylic oxidation sites excluding steroid dienone is 2. The van der Waals surface area contributed by atoms with Crippen molar-refractivity contribution < 1.29 is 5.11 Å². The van der Waals surface area contributed by atoms with E-state index in [2.05, 4.69) is 4.98 Å². The molecule has 86 valence electrons. The van der Waals surface area contributed by atoms with Crippen molar-refractivity contribution in [2.45, 2.75) is 12.5 Å². The monoisotopic (exact) mass is 334 g/mol. The molecule has 2 atom stereocenters. The van der Waals surface area contributed by atoms with Crippen LogP contribution in [0.4, 0.5) is 0 Å². The number of aromatic nitrogens is 2. The molecule has 0 aromatic carbocycles. The number of hydrogen-bond donors (Lipinski definition) is 2. The molecule has 1 aromatic heterocycles. The van der Waals surface area contributed by atoms with Crippen molar-refractivity contribution in [1.82, 2.24) is 9.55 Å². The first kappa shape index (κ1) is 11.6. The fourth-order valence-corrected chi connectivity index (χ4v) is 2.31. The van der Waals surface area contributed by atoms with Gasteiger partial charge in [0.05, 0.1) is 9.61 Å². The molecule has 5 nitrogen and oxygen atoms in total. The predicted octanol–water partition coefficient (Wildman–Crippen LogP) is 0.251. The Bertz CT molecular complexity index is 532. The van der Waals surface area contributed by atoms with Gasteiger partial charge in [-0.1, -0.05) is 12.2 Å². The van der Waals surface area contributed by atoms with Crippen LogP contribution in [0.15, 0.2) is 27.9 Å². The van der Waals surface area contributed by atoms with Crippen LogP contribution in [0.2, 0.25) is 0 Å². The molecule has 1 aliphatic carbocycles. The number of hydrogen-bond acceptors (Lipinski definition) is 3. The molecule has 0 fully saturated rings. The van der Waals surface area contributed by atoms with E-state index in [-0.39, 0.29) is 24.1 Å². The first-order valence-corrected chi connectivity index (χ1v) is 6.00. The van der Waals surface area contributed by atoms with E-state index in [1.165, 1.54) is 10.8 Å². The molecule has 2 N–H and O–H groups in total. The molecule has 0 unspecified atom stereocenters. The third-order valence-electron chi connectivity index (χ3n) is 2.74. The quantitative estimate of drug-likeness (QED) is 0.601. The van der Waals surface area contributed by atoms with Crippen molar-refractivity contribution in [3.63, 3.8) is 0 Å². The summed E-state index contributed by atoms with van der Waals surface area (Å²) in [6.07, 6.45) is 6.11. The van der Waals surface area contributed by atoms with Gasteiger partial charge in [0.1, 0.15) is 0 Å². The maximum atomic E-state index is 11.6. The van der Waals surface area contributed by atoms with Crippen LogP contribution >= 0.6 is 22.6 Å². The lowest BCUT2D eigenvalue weighted by Crippen LogP contribution is -2.35. The van der Waals surface area contributed by atoms with E-state index in [0.29, 0.717) is 3.57 Å². The fraction of sp³-hybridized carbons (Fsp3) is 0.400. The predicted molar refractivity (Wildman–Crippen MR) is 67.4 cm³/mol. The Morgan fingerprint density at radius 2 is 2.31 bits per heavy atom. The third-order valence-corrected chi connectivity index (χ3v) is 3.50. The molecular formula is C10H11IN2O3. The molecule has 16 heavy (non-hydrogen) atoms. The number of halogens is 1. The molecule has 0 bridgehead atoms.